The molecule has 0 aliphatic heterocycles. The predicted molar refractivity (Wildman–Crippen MR) is 166 cm³/mol. The molecule has 4 rings (SSSR count). The van der Waals surface area contributed by atoms with Gasteiger partial charge in [-0.2, -0.15) is 0 Å². The molecule has 4 aromatic rings. The Labute approximate surface area is 246 Å². The second kappa shape index (κ2) is 14.8. The lowest BCUT2D eigenvalue weighted by atomic mass is 10.1. The highest BCUT2D eigenvalue weighted by Gasteiger charge is 2.14. The van der Waals surface area contributed by atoms with Crippen molar-refractivity contribution in [1.82, 2.24) is 0 Å². The van der Waals surface area contributed by atoms with Crippen LogP contribution in [0.5, 0.6) is 23.0 Å². The minimum atomic E-state index is -0.163. The predicted octanol–water partition coefficient (Wildman–Crippen LogP) is 6.80. The fourth-order valence-electron chi connectivity index (χ4n) is 4.70. The first-order valence-corrected chi connectivity index (χ1v) is 14.3. The Morgan fingerprint density at radius 2 is 0.905 bits per heavy atom. The minimum absolute atomic E-state index is 0.163. The zero-order chi connectivity index (χ0) is 29.9. The van der Waals surface area contributed by atoms with Crippen LogP contribution in [0.15, 0.2) is 72.8 Å². The molecule has 4 aromatic carbocycles. The molecule has 0 spiro atoms. The first-order valence-electron chi connectivity index (χ1n) is 14.3. The van der Waals surface area contributed by atoms with Crippen LogP contribution in [0.3, 0.4) is 0 Å². The Bertz CT molecular complexity index is 1420. The Hall–Kier alpha value is -4.72. The number of ether oxygens (including phenoxy) is 4. The average molecular weight is 571 g/mol. The SMILES string of the molecule is CCOc1ccc(CC(=O)Nc2cccc3c(NC(=O)Cc4ccc(OCC)c(OCC)c4)cccc23)cc1OCC. The van der Waals surface area contributed by atoms with Gasteiger partial charge in [0.15, 0.2) is 23.0 Å². The largest absolute Gasteiger partial charge is 0.490 e. The van der Waals surface area contributed by atoms with Gasteiger partial charge in [0.2, 0.25) is 11.8 Å². The van der Waals surface area contributed by atoms with Crippen LogP contribution in [-0.2, 0) is 22.4 Å². The maximum absolute atomic E-state index is 13.0. The lowest BCUT2D eigenvalue weighted by Crippen LogP contribution is -2.16. The second-order valence-electron chi connectivity index (χ2n) is 9.45. The summed E-state index contributed by atoms with van der Waals surface area (Å²) in [5.41, 5.74) is 2.96. The Balaban J connectivity index is 1.47. The van der Waals surface area contributed by atoms with Gasteiger partial charge in [0.25, 0.3) is 0 Å². The summed E-state index contributed by atoms with van der Waals surface area (Å²) in [5, 5.41) is 7.71. The van der Waals surface area contributed by atoms with Crippen molar-refractivity contribution in [3.63, 3.8) is 0 Å². The zero-order valence-electron chi connectivity index (χ0n) is 24.6. The van der Waals surface area contributed by atoms with Gasteiger partial charge in [0.1, 0.15) is 0 Å². The molecule has 0 saturated heterocycles. The standard InChI is InChI=1S/C34H38N2O6/c1-5-39-29-17-15-23(19-31(29)41-7-3)21-33(37)35-27-13-9-12-26-25(27)11-10-14-28(26)36-34(38)22-24-16-18-30(40-6-2)32(20-24)42-8-4/h9-20H,5-8,21-22H2,1-4H3,(H,35,37)(H,36,38). The molecule has 0 unspecified atom stereocenters. The maximum Gasteiger partial charge on any atom is 0.228 e. The maximum atomic E-state index is 13.0. The van der Waals surface area contributed by atoms with E-state index in [9.17, 15) is 9.59 Å². The zero-order valence-corrected chi connectivity index (χ0v) is 24.6. The van der Waals surface area contributed by atoms with E-state index in [0.29, 0.717) is 60.8 Å². The van der Waals surface area contributed by atoms with Crippen LogP contribution in [0.1, 0.15) is 38.8 Å². The van der Waals surface area contributed by atoms with E-state index in [1.165, 1.54) is 0 Å². The molecular weight excluding hydrogens is 532 g/mol. The Kier molecular flexibility index (Phi) is 10.6. The van der Waals surface area contributed by atoms with Gasteiger partial charge in [-0.15, -0.1) is 0 Å². The topological polar surface area (TPSA) is 95.1 Å². The van der Waals surface area contributed by atoms with E-state index in [4.69, 9.17) is 18.9 Å². The minimum Gasteiger partial charge on any atom is -0.490 e. The molecule has 0 bridgehead atoms. The Morgan fingerprint density at radius 3 is 1.29 bits per heavy atom. The molecule has 2 N–H and O–H groups in total. The van der Waals surface area contributed by atoms with Gasteiger partial charge in [0, 0.05) is 22.1 Å². The van der Waals surface area contributed by atoms with E-state index in [-0.39, 0.29) is 24.7 Å². The molecular formula is C34H38N2O6. The fraction of sp³-hybridized carbons (Fsp3) is 0.294. The number of rotatable bonds is 14. The molecule has 0 saturated carbocycles. The molecule has 0 radical (unpaired) electrons. The molecule has 0 heterocycles. The number of nitrogens with one attached hydrogen (secondary N) is 2. The van der Waals surface area contributed by atoms with Gasteiger partial charge < -0.3 is 29.6 Å². The molecule has 8 heteroatoms. The van der Waals surface area contributed by atoms with Gasteiger partial charge in [-0.3, -0.25) is 9.59 Å². The van der Waals surface area contributed by atoms with E-state index in [1.807, 2.05) is 100 Å². The number of amides is 2. The number of anilines is 2. The molecule has 0 aromatic heterocycles. The van der Waals surface area contributed by atoms with Gasteiger partial charge in [0.05, 0.1) is 39.3 Å². The number of fused-ring (bicyclic) bond motifs is 1. The van der Waals surface area contributed by atoms with Crippen molar-refractivity contribution in [2.45, 2.75) is 40.5 Å². The normalized spacial score (nSPS) is 10.7. The summed E-state index contributed by atoms with van der Waals surface area (Å²) in [6.07, 6.45) is 0.343. The van der Waals surface area contributed by atoms with Crippen molar-refractivity contribution in [1.29, 1.82) is 0 Å². The molecule has 220 valence electrons. The van der Waals surface area contributed by atoms with Crippen molar-refractivity contribution < 1.29 is 28.5 Å². The molecule has 0 aliphatic rings. The molecule has 0 aliphatic carbocycles. The van der Waals surface area contributed by atoms with Crippen LogP contribution in [0.4, 0.5) is 11.4 Å². The van der Waals surface area contributed by atoms with Crippen LogP contribution < -0.4 is 29.6 Å². The third-order valence-electron chi connectivity index (χ3n) is 6.42. The number of hydrogen-bond donors (Lipinski definition) is 2. The number of benzene rings is 4. The second-order valence-corrected chi connectivity index (χ2v) is 9.45. The molecule has 2 amide bonds. The van der Waals surface area contributed by atoms with Crippen LogP contribution in [0.25, 0.3) is 10.8 Å². The van der Waals surface area contributed by atoms with Gasteiger partial charge in [-0.1, -0.05) is 36.4 Å². The van der Waals surface area contributed by atoms with E-state index in [2.05, 4.69) is 10.6 Å². The van der Waals surface area contributed by atoms with Gasteiger partial charge >= 0.3 is 0 Å². The summed E-state index contributed by atoms with van der Waals surface area (Å²) in [7, 11) is 0. The first kappa shape index (κ1) is 30.2. The highest BCUT2D eigenvalue weighted by atomic mass is 16.5. The monoisotopic (exact) mass is 570 g/mol. The molecule has 42 heavy (non-hydrogen) atoms. The lowest BCUT2D eigenvalue weighted by Gasteiger charge is -2.14. The van der Waals surface area contributed by atoms with Crippen molar-refractivity contribution >= 4 is 34.0 Å². The smallest absolute Gasteiger partial charge is 0.228 e. The molecule has 0 fully saturated rings. The summed E-state index contributed by atoms with van der Waals surface area (Å²) in [5.74, 6) is 2.23. The third kappa shape index (κ3) is 7.72. The van der Waals surface area contributed by atoms with Crippen molar-refractivity contribution in [3.8, 4) is 23.0 Å². The fourth-order valence-corrected chi connectivity index (χ4v) is 4.70. The molecule has 0 atom stereocenters. The van der Waals surface area contributed by atoms with E-state index in [1.54, 1.807) is 0 Å². The van der Waals surface area contributed by atoms with Crippen molar-refractivity contribution in [2.75, 3.05) is 37.1 Å². The summed E-state index contributed by atoms with van der Waals surface area (Å²) in [6, 6.07) is 22.3. The van der Waals surface area contributed by atoms with Crippen LogP contribution in [0.2, 0.25) is 0 Å². The van der Waals surface area contributed by atoms with Crippen LogP contribution in [0, 0.1) is 0 Å². The highest BCUT2D eigenvalue weighted by Crippen LogP contribution is 2.32. The van der Waals surface area contributed by atoms with Gasteiger partial charge in [-0.05, 0) is 75.2 Å². The highest BCUT2D eigenvalue weighted by molar-refractivity contribution is 6.09. The van der Waals surface area contributed by atoms with Crippen molar-refractivity contribution in [3.05, 3.63) is 83.9 Å². The van der Waals surface area contributed by atoms with Crippen molar-refractivity contribution in [2.24, 2.45) is 0 Å². The lowest BCUT2D eigenvalue weighted by molar-refractivity contribution is -0.116. The van der Waals surface area contributed by atoms with Gasteiger partial charge in [-0.25, -0.2) is 0 Å². The summed E-state index contributed by atoms with van der Waals surface area (Å²) < 4.78 is 22.7. The Morgan fingerprint density at radius 1 is 0.524 bits per heavy atom. The number of carbonyl (C=O) groups excluding carboxylic acids is 2. The summed E-state index contributed by atoms with van der Waals surface area (Å²) >= 11 is 0. The van der Waals surface area contributed by atoms with E-state index in [0.717, 1.165) is 21.9 Å². The van der Waals surface area contributed by atoms with Crippen LogP contribution >= 0.6 is 0 Å². The third-order valence-corrected chi connectivity index (χ3v) is 6.42. The van der Waals surface area contributed by atoms with E-state index >= 15 is 0 Å². The summed E-state index contributed by atoms with van der Waals surface area (Å²) in [6.45, 7) is 9.70. The average Bonchev–Trinajstić information content (AvgIpc) is 2.97. The number of hydrogen-bond acceptors (Lipinski definition) is 6. The molecule has 8 nitrogen and oxygen atoms in total. The van der Waals surface area contributed by atoms with E-state index < -0.39 is 0 Å². The van der Waals surface area contributed by atoms with Crippen LogP contribution in [-0.4, -0.2) is 38.2 Å². The first-order chi connectivity index (χ1) is 20.4. The quantitative estimate of drug-likeness (QED) is 0.173. The number of carbonyl (C=O) groups is 2. The summed E-state index contributed by atoms with van der Waals surface area (Å²) in [4.78, 5) is 26.1.